The van der Waals surface area contributed by atoms with Crippen molar-refractivity contribution in [1.29, 1.82) is 0 Å². The molecule has 1 unspecified atom stereocenters. The molecule has 0 aliphatic carbocycles. The van der Waals surface area contributed by atoms with Crippen LogP contribution in [0.4, 0.5) is 0 Å². The normalized spacial score (nSPS) is 13.7. The molecule has 0 bridgehead atoms. The first-order chi connectivity index (χ1) is 7.37. The number of aryl methyl sites for hydroxylation is 1. The third kappa shape index (κ3) is 5.23. The van der Waals surface area contributed by atoms with Crippen LogP contribution < -0.4 is 5.32 Å². The highest BCUT2D eigenvalue weighted by Crippen LogP contribution is 2.00. The molecule has 1 aromatic heterocycles. The van der Waals surface area contributed by atoms with Crippen molar-refractivity contribution in [3.05, 3.63) is 29.6 Å². The van der Waals surface area contributed by atoms with Crippen LogP contribution >= 0.6 is 0 Å². The highest BCUT2D eigenvalue weighted by atomic mass is 32.2. The summed E-state index contributed by atoms with van der Waals surface area (Å²) in [6.07, 6.45) is 3.05. The predicted molar refractivity (Wildman–Crippen MR) is 65.0 cm³/mol. The first-order valence-electron chi connectivity index (χ1n) is 5.19. The van der Waals surface area contributed by atoms with Gasteiger partial charge in [0.1, 0.15) is 9.84 Å². The Morgan fingerprint density at radius 2 is 2.12 bits per heavy atom. The van der Waals surface area contributed by atoms with Crippen LogP contribution in [-0.2, 0) is 16.4 Å². The van der Waals surface area contributed by atoms with Gasteiger partial charge in [0.15, 0.2) is 0 Å². The minimum absolute atomic E-state index is 0.0451. The standard InChI is InChI=1S/C11H18N2O2S/c1-9-4-5-11(6-12-9)7-13-10(2)8-16(3,14)15/h4-6,10,13H,7-8H2,1-3H3. The zero-order valence-electron chi connectivity index (χ0n) is 9.90. The first-order valence-corrected chi connectivity index (χ1v) is 7.25. The molecule has 90 valence electrons. The lowest BCUT2D eigenvalue weighted by Gasteiger charge is -2.12. The van der Waals surface area contributed by atoms with E-state index < -0.39 is 9.84 Å². The van der Waals surface area contributed by atoms with E-state index in [0.29, 0.717) is 6.54 Å². The summed E-state index contributed by atoms with van der Waals surface area (Å²) in [5, 5.41) is 3.16. The van der Waals surface area contributed by atoms with Gasteiger partial charge in [-0.3, -0.25) is 4.98 Å². The van der Waals surface area contributed by atoms with E-state index in [0.717, 1.165) is 11.3 Å². The quantitative estimate of drug-likeness (QED) is 0.834. The van der Waals surface area contributed by atoms with Gasteiger partial charge in [-0.2, -0.15) is 0 Å². The van der Waals surface area contributed by atoms with E-state index >= 15 is 0 Å². The Kier molecular flexibility index (Phi) is 4.44. The van der Waals surface area contributed by atoms with E-state index in [1.807, 2.05) is 26.0 Å². The smallest absolute Gasteiger partial charge is 0.148 e. The van der Waals surface area contributed by atoms with Gasteiger partial charge >= 0.3 is 0 Å². The van der Waals surface area contributed by atoms with Gasteiger partial charge in [0.2, 0.25) is 0 Å². The number of sulfone groups is 1. The van der Waals surface area contributed by atoms with E-state index in [1.165, 1.54) is 6.26 Å². The maximum absolute atomic E-state index is 11.0. The van der Waals surface area contributed by atoms with Crippen LogP contribution in [0.2, 0.25) is 0 Å². The molecule has 0 saturated heterocycles. The zero-order chi connectivity index (χ0) is 12.2. The van der Waals surface area contributed by atoms with Crippen molar-refractivity contribution >= 4 is 9.84 Å². The lowest BCUT2D eigenvalue weighted by Crippen LogP contribution is -2.32. The SMILES string of the molecule is Cc1ccc(CNC(C)CS(C)(=O)=O)cn1. The number of nitrogens with zero attached hydrogens (tertiary/aromatic N) is 1. The van der Waals surface area contributed by atoms with E-state index in [1.54, 1.807) is 6.20 Å². The number of aromatic nitrogens is 1. The molecule has 5 heteroatoms. The fourth-order valence-electron chi connectivity index (χ4n) is 1.41. The summed E-state index contributed by atoms with van der Waals surface area (Å²) in [6.45, 7) is 4.44. The molecule has 0 aliphatic rings. The molecule has 1 N–H and O–H groups in total. The third-order valence-corrected chi connectivity index (χ3v) is 3.29. The average Bonchev–Trinajstić information content (AvgIpc) is 2.14. The van der Waals surface area contributed by atoms with Gasteiger partial charge in [-0.1, -0.05) is 6.07 Å². The van der Waals surface area contributed by atoms with Crippen LogP contribution in [0.15, 0.2) is 18.3 Å². The summed E-state index contributed by atoms with van der Waals surface area (Å²) in [5.74, 6) is 0.159. The second kappa shape index (κ2) is 5.41. The van der Waals surface area contributed by atoms with Crippen molar-refractivity contribution in [3.8, 4) is 0 Å². The topological polar surface area (TPSA) is 59.1 Å². The van der Waals surface area contributed by atoms with Crippen molar-refractivity contribution in [3.63, 3.8) is 0 Å². The molecule has 1 atom stereocenters. The second-order valence-corrected chi connectivity index (χ2v) is 6.37. The molecule has 0 aromatic carbocycles. The van der Waals surface area contributed by atoms with E-state index in [4.69, 9.17) is 0 Å². The molecule has 0 amide bonds. The zero-order valence-corrected chi connectivity index (χ0v) is 10.7. The van der Waals surface area contributed by atoms with Crippen molar-refractivity contribution in [1.82, 2.24) is 10.3 Å². The maximum Gasteiger partial charge on any atom is 0.148 e. The molecule has 0 spiro atoms. The van der Waals surface area contributed by atoms with Crippen LogP contribution in [0, 0.1) is 6.92 Å². The predicted octanol–water partition coefficient (Wildman–Crippen LogP) is 0.913. The molecule has 1 aromatic rings. The van der Waals surface area contributed by atoms with Crippen LogP contribution in [0.3, 0.4) is 0 Å². The molecule has 16 heavy (non-hydrogen) atoms. The largest absolute Gasteiger partial charge is 0.309 e. The number of pyridine rings is 1. The summed E-state index contributed by atoms with van der Waals surface area (Å²) in [5.41, 5.74) is 2.04. The fraction of sp³-hybridized carbons (Fsp3) is 0.545. The molecular weight excluding hydrogens is 224 g/mol. The molecule has 0 fully saturated rings. The third-order valence-electron chi connectivity index (χ3n) is 2.18. The van der Waals surface area contributed by atoms with Crippen LogP contribution in [0.1, 0.15) is 18.2 Å². The van der Waals surface area contributed by atoms with Crippen LogP contribution in [-0.4, -0.2) is 31.5 Å². The lowest BCUT2D eigenvalue weighted by molar-refractivity contribution is 0.559. The van der Waals surface area contributed by atoms with Crippen molar-refractivity contribution < 1.29 is 8.42 Å². The Bertz CT molecular complexity index is 426. The summed E-state index contributed by atoms with van der Waals surface area (Å²) >= 11 is 0. The Labute approximate surface area is 97.0 Å². The molecule has 0 radical (unpaired) electrons. The maximum atomic E-state index is 11.0. The van der Waals surface area contributed by atoms with Gasteiger partial charge in [0.05, 0.1) is 5.75 Å². The fourth-order valence-corrected chi connectivity index (χ4v) is 2.43. The minimum Gasteiger partial charge on any atom is -0.309 e. The molecular formula is C11H18N2O2S. The Morgan fingerprint density at radius 3 is 2.62 bits per heavy atom. The molecule has 0 saturated carbocycles. The lowest BCUT2D eigenvalue weighted by atomic mass is 10.2. The van der Waals surface area contributed by atoms with Gasteiger partial charge < -0.3 is 5.32 Å². The Hall–Kier alpha value is -0.940. The highest BCUT2D eigenvalue weighted by molar-refractivity contribution is 7.90. The Balaban J connectivity index is 2.43. The van der Waals surface area contributed by atoms with Gasteiger partial charge in [0, 0.05) is 30.7 Å². The number of hydrogen-bond donors (Lipinski definition) is 1. The van der Waals surface area contributed by atoms with Crippen LogP contribution in [0.5, 0.6) is 0 Å². The van der Waals surface area contributed by atoms with Gasteiger partial charge in [-0.15, -0.1) is 0 Å². The molecule has 4 nitrogen and oxygen atoms in total. The van der Waals surface area contributed by atoms with Gasteiger partial charge in [0.25, 0.3) is 0 Å². The molecule has 0 aliphatic heterocycles. The molecule has 1 heterocycles. The summed E-state index contributed by atoms with van der Waals surface area (Å²) in [6, 6.07) is 3.89. The second-order valence-electron chi connectivity index (χ2n) is 4.18. The number of rotatable bonds is 5. The number of hydrogen-bond acceptors (Lipinski definition) is 4. The Morgan fingerprint density at radius 1 is 1.44 bits per heavy atom. The number of nitrogens with one attached hydrogen (secondary N) is 1. The van der Waals surface area contributed by atoms with Crippen LogP contribution in [0.25, 0.3) is 0 Å². The first kappa shape index (κ1) is 13.1. The van der Waals surface area contributed by atoms with E-state index in [2.05, 4.69) is 10.3 Å². The summed E-state index contributed by atoms with van der Waals surface area (Å²) < 4.78 is 22.1. The molecule has 1 rings (SSSR count). The van der Waals surface area contributed by atoms with Gasteiger partial charge in [-0.25, -0.2) is 8.42 Å². The van der Waals surface area contributed by atoms with Gasteiger partial charge in [-0.05, 0) is 25.5 Å². The minimum atomic E-state index is -2.91. The summed E-state index contributed by atoms with van der Waals surface area (Å²) in [4.78, 5) is 4.17. The van der Waals surface area contributed by atoms with E-state index in [-0.39, 0.29) is 11.8 Å². The van der Waals surface area contributed by atoms with E-state index in [9.17, 15) is 8.42 Å². The van der Waals surface area contributed by atoms with Crippen molar-refractivity contribution in [2.75, 3.05) is 12.0 Å². The highest BCUT2D eigenvalue weighted by Gasteiger charge is 2.09. The average molecular weight is 242 g/mol. The van der Waals surface area contributed by atoms with Crippen molar-refractivity contribution in [2.24, 2.45) is 0 Å². The summed E-state index contributed by atoms with van der Waals surface area (Å²) in [7, 11) is -2.91. The van der Waals surface area contributed by atoms with Crippen molar-refractivity contribution in [2.45, 2.75) is 26.4 Å². The monoisotopic (exact) mass is 242 g/mol.